The lowest BCUT2D eigenvalue weighted by Crippen LogP contribution is -1.93. The number of aliphatic hydroxyl groups excluding tert-OH is 1. The minimum absolute atomic E-state index is 0.0665. The zero-order valence-electron chi connectivity index (χ0n) is 10.1. The van der Waals surface area contributed by atoms with Crippen LogP contribution in [-0.2, 0) is 11.3 Å². The lowest BCUT2D eigenvalue weighted by molar-refractivity contribution is 0.148. The topological polar surface area (TPSA) is 29.5 Å². The second-order valence-electron chi connectivity index (χ2n) is 3.88. The van der Waals surface area contributed by atoms with Crippen LogP contribution in [0.5, 0.6) is 0 Å². The Balaban J connectivity index is 1.94. The maximum atomic E-state index is 8.58. The third kappa shape index (κ3) is 3.81. The van der Waals surface area contributed by atoms with Gasteiger partial charge in [-0.1, -0.05) is 30.4 Å². The van der Waals surface area contributed by atoms with E-state index in [9.17, 15) is 0 Å². The van der Waals surface area contributed by atoms with Crippen molar-refractivity contribution in [3.05, 3.63) is 58.8 Å². The SMILES string of the molecule is OC/C=C/COCc1cccc(-c2ccsc2)c1. The molecule has 1 aromatic heterocycles. The van der Waals surface area contributed by atoms with E-state index < -0.39 is 0 Å². The fourth-order valence-electron chi connectivity index (χ4n) is 1.66. The van der Waals surface area contributed by atoms with Gasteiger partial charge in [0.1, 0.15) is 0 Å². The lowest BCUT2D eigenvalue weighted by atomic mass is 10.1. The summed E-state index contributed by atoms with van der Waals surface area (Å²) in [5.41, 5.74) is 3.64. The smallest absolute Gasteiger partial charge is 0.0721 e. The van der Waals surface area contributed by atoms with Gasteiger partial charge >= 0.3 is 0 Å². The third-order valence-electron chi connectivity index (χ3n) is 2.54. The van der Waals surface area contributed by atoms with Gasteiger partial charge in [-0.2, -0.15) is 11.3 Å². The van der Waals surface area contributed by atoms with Crippen LogP contribution in [0.15, 0.2) is 53.2 Å². The molecule has 1 aromatic carbocycles. The van der Waals surface area contributed by atoms with Gasteiger partial charge in [0.25, 0.3) is 0 Å². The Labute approximate surface area is 111 Å². The van der Waals surface area contributed by atoms with Gasteiger partial charge in [0.15, 0.2) is 0 Å². The molecule has 0 unspecified atom stereocenters. The predicted octanol–water partition coefficient (Wildman–Crippen LogP) is 3.48. The van der Waals surface area contributed by atoms with Crippen LogP contribution in [0.4, 0.5) is 0 Å². The van der Waals surface area contributed by atoms with Crippen molar-refractivity contribution in [1.82, 2.24) is 0 Å². The Hall–Kier alpha value is -1.42. The van der Waals surface area contributed by atoms with Crippen molar-refractivity contribution in [2.24, 2.45) is 0 Å². The summed E-state index contributed by atoms with van der Waals surface area (Å²) >= 11 is 1.70. The van der Waals surface area contributed by atoms with Crippen LogP contribution >= 0.6 is 11.3 Å². The summed E-state index contributed by atoms with van der Waals surface area (Å²) in [7, 11) is 0. The summed E-state index contributed by atoms with van der Waals surface area (Å²) in [4.78, 5) is 0. The quantitative estimate of drug-likeness (QED) is 0.636. The fourth-order valence-corrected chi connectivity index (χ4v) is 2.32. The maximum Gasteiger partial charge on any atom is 0.0721 e. The van der Waals surface area contributed by atoms with Gasteiger partial charge in [0.05, 0.1) is 19.8 Å². The number of benzene rings is 1. The summed E-state index contributed by atoms with van der Waals surface area (Å²) in [5.74, 6) is 0. The first-order valence-electron chi connectivity index (χ1n) is 5.85. The molecule has 2 nitrogen and oxygen atoms in total. The molecule has 0 saturated heterocycles. The fraction of sp³-hybridized carbons (Fsp3) is 0.200. The highest BCUT2D eigenvalue weighted by Crippen LogP contribution is 2.23. The van der Waals surface area contributed by atoms with Gasteiger partial charge in [-0.3, -0.25) is 0 Å². The Kier molecular flexibility index (Phi) is 5.15. The minimum atomic E-state index is 0.0665. The van der Waals surface area contributed by atoms with E-state index in [4.69, 9.17) is 9.84 Å². The van der Waals surface area contributed by atoms with Crippen molar-refractivity contribution >= 4 is 11.3 Å². The zero-order chi connectivity index (χ0) is 12.6. The van der Waals surface area contributed by atoms with E-state index in [2.05, 4.69) is 41.1 Å². The molecule has 94 valence electrons. The standard InChI is InChI=1S/C15H16O2S/c16-7-1-2-8-17-11-13-4-3-5-14(10-13)15-6-9-18-12-15/h1-6,9-10,12,16H,7-8,11H2/b2-1+. The second-order valence-corrected chi connectivity index (χ2v) is 4.66. The molecule has 3 heteroatoms. The van der Waals surface area contributed by atoms with Gasteiger partial charge in [-0.25, -0.2) is 0 Å². The minimum Gasteiger partial charge on any atom is -0.392 e. The number of hydrogen-bond donors (Lipinski definition) is 1. The lowest BCUT2D eigenvalue weighted by Gasteiger charge is -2.04. The first kappa shape index (κ1) is 13.0. The third-order valence-corrected chi connectivity index (χ3v) is 3.22. The summed E-state index contributed by atoms with van der Waals surface area (Å²) in [6, 6.07) is 10.5. The summed E-state index contributed by atoms with van der Waals surface area (Å²) in [6.45, 7) is 1.19. The molecule has 0 amide bonds. The Morgan fingerprint density at radius 3 is 2.89 bits per heavy atom. The monoisotopic (exact) mass is 260 g/mol. The predicted molar refractivity (Wildman–Crippen MR) is 75.6 cm³/mol. The van der Waals surface area contributed by atoms with Crippen LogP contribution in [0.25, 0.3) is 11.1 Å². The average Bonchev–Trinajstić information content (AvgIpc) is 2.93. The van der Waals surface area contributed by atoms with Crippen molar-refractivity contribution in [3.8, 4) is 11.1 Å². The molecule has 0 radical (unpaired) electrons. The molecular formula is C15H16O2S. The first-order chi connectivity index (χ1) is 8.90. The molecule has 0 aliphatic heterocycles. The summed E-state index contributed by atoms with van der Waals surface area (Å²) in [5, 5.41) is 12.8. The molecule has 1 heterocycles. The molecule has 0 atom stereocenters. The van der Waals surface area contributed by atoms with Crippen molar-refractivity contribution in [3.63, 3.8) is 0 Å². The van der Waals surface area contributed by atoms with E-state index in [0.29, 0.717) is 13.2 Å². The molecule has 2 aromatic rings. The molecule has 0 bridgehead atoms. The van der Waals surface area contributed by atoms with Crippen LogP contribution in [0.1, 0.15) is 5.56 Å². The number of hydrogen-bond acceptors (Lipinski definition) is 3. The van der Waals surface area contributed by atoms with Crippen LogP contribution in [-0.4, -0.2) is 18.3 Å². The van der Waals surface area contributed by atoms with Gasteiger partial charge in [0.2, 0.25) is 0 Å². The molecule has 0 saturated carbocycles. The summed E-state index contributed by atoms with van der Waals surface area (Å²) in [6.07, 6.45) is 3.50. The van der Waals surface area contributed by atoms with E-state index in [1.807, 2.05) is 6.08 Å². The van der Waals surface area contributed by atoms with E-state index in [1.54, 1.807) is 17.4 Å². The van der Waals surface area contributed by atoms with Gasteiger partial charge in [-0.05, 0) is 39.6 Å². The maximum absolute atomic E-state index is 8.58. The molecule has 0 spiro atoms. The number of aliphatic hydroxyl groups is 1. The number of rotatable bonds is 6. The summed E-state index contributed by atoms with van der Waals surface area (Å²) < 4.78 is 5.50. The Morgan fingerprint density at radius 2 is 2.11 bits per heavy atom. The van der Waals surface area contributed by atoms with Crippen molar-refractivity contribution in [2.75, 3.05) is 13.2 Å². The Bertz CT molecular complexity index is 489. The molecular weight excluding hydrogens is 244 g/mol. The highest BCUT2D eigenvalue weighted by Gasteiger charge is 1.99. The normalized spacial score (nSPS) is 11.2. The van der Waals surface area contributed by atoms with Gasteiger partial charge in [-0.15, -0.1) is 0 Å². The largest absolute Gasteiger partial charge is 0.392 e. The van der Waals surface area contributed by atoms with Crippen LogP contribution in [0, 0.1) is 0 Å². The van der Waals surface area contributed by atoms with E-state index >= 15 is 0 Å². The molecule has 18 heavy (non-hydrogen) atoms. The van der Waals surface area contributed by atoms with E-state index in [0.717, 1.165) is 5.56 Å². The zero-order valence-corrected chi connectivity index (χ0v) is 10.9. The molecule has 2 rings (SSSR count). The van der Waals surface area contributed by atoms with E-state index in [1.165, 1.54) is 11.1 Å². The van der Waals surface area contributed by atoms with Gasteiger partial charge < -0.3 is 9.84 Å². The second kappa shape index (κ2) is 7.11. The van der Waals surface area contributed by atoms with Crippen molar-refractivity contribution < 1.29 is 9.84 Å². The Morgan fingerprint density at radius 1 is 1.17 bits per heavy atom. The molecule has 1 N–H and O–H groups in total. The van der Waals surface area contributed by atoms with Gasteiger partial charge in [0, 0.05) is 0 Å². The van der Waals surface area contributed by atoms with Crippen LogP contribution in [0.2, 0.25) is 0 Å². The number of thiophene rings is 1. The van der Waals surface area contributed by atoms with Crippen molar-refractivity contribution in [2.45, 2.75) is 6.61 Å². The van der Waals surface area contributed by atoms with Crippen LogP contribution < -0.4 is 0 Å². The van der Waals surface area contributed by atoms with E-state index in [-0.39, 0.29) is 6.61 Å². The van der Waals surface area contributed by atoms with Crippen molar-refractivity contribution in [1.29, 1.82) is 0 Å². The average molecular weight is 260 g/mol. The number of ether oxygens (including phenoxy) is 1. The molecule has 0 fully saturated rings. The highest BCUT2D eigenvalue weighted by molar-refractivity contribution is 7.08. The highest BCUT2D eigenvalue weighted by atomic mass is 32.1. The molecule has 0 aliphatic rings. The first-order valence-corrected chi connectivity index (χ1v) is 6.79. The molecule has 0 aliphatic carbocycles. The van der Waals surface area contributed by atoms with Crippen LogP contribution in [0.3, 0.4) is 0 Å².